The van der Waals surface area contributed by atoms with Crippen LogP contribution in [0.25, 0.3) is 0 Å². The zero-order valence-corrected chi connectivity index (χ0v) is 14.8. The van der Waals surface area contributed by atoms with E-state index in [1.54, 1.807) is 23.0 Å². The Morgan fingerprint density at radius 1 is 1.44 bits per heavy atom. The van der Waals surface area contributed by atoms with Gasteiger partial charge in [0.1, 0.15) is 18.2 Å². The fourth-order valence-electron chi connectivity index (χ4n) is 3.77. The number of morpholine rings is 1. The second-order valence-corrected chi connectivity index (χ2v) is 7.00. The van der Waals surface area contributed by atoms with Crippen molar-refractivity contribution in [2.24, 2.45) is 0 Å². The van der Waals surface area contributed by atoms with Gasteiger partial charge >= 0.3 is 0 Å². The van der Waals surface area contributed by atoms with Crippen molar-refractivity contribution in [3.63, 3.8) is 0 Å². The average Bonchev–Trinajstić information content (AvgIpc) is 3.15. The van der Waals surface area contributed by atoms with Crippen molar-refractivity contribution in [3.8, 4) is 6.07 Å². The summed E-state index contributed by atoms with van der Waals surface area (Å²) >= 11 is 0. The van der Waals surface area contributed by atoms with Crippen LogP contribution in [0, 0.1) is 11.3 Å². The van der Waals surface area contributed by atoms with Gasteiger partial charge in [0.15, 0.2) is 0 Å². The van der Waals surface area contributed by atoms with Gasteiger partial charge in [0.25, 0.3) is 0 Å². The smallest absolute Gasteiger partial charge is 0.237 e. The van der Waals surface area contributed by atoms with E-state index in [-0.39, 0.29) is 12.0 Å². The van der Waals surface area contributed by atoms with Crippen LogP contribution in [-0.4, -0.2) is 75.4 Å². The van der Waals surface area contributed by atoms with Crippen molar-refractivity contribution in [3.05, 3.63) is 12.7 Å². The molecule has 0 aromatic carbocycles. The molecule has 2 heterocycles. The summed E-state index contributed by atoms with van der Waals surface area (Å²) in [5.74, 6) is 0.0184. The van der Waals surface area contributed by atoms with Crippen LogP contribution >= 0.6 is 0 Å². The van der Waals surface area contributed by atoms with Gasteiger partial charge in [-0.05, 0) is 12.8 Å². The lowest BCUT2D eigenvalue weighted by Crippen LogP contribution is -2.54. The Balaban J connectivity index is 1.55. The predicted molar refractivity (Wildman–Crippen MR) is 90.4 cm³/mol. The molecule has 1 aliphatic carbocycles. The number of hydrogen-bond donors (Lipinski definition) is 0. The minimum Gasteiger partial charge on any atom is -0.374 e. The first-order valence-corrected chi connectivity index (χ1v) is 8.97. The topological polar surface area (TPSA) is 87.3 Å². The molecule has 1 saturated heterocycles. The lowest BCUT2D eigenvalue weighted by atomic mass is 9.81. The van der Waals surface area contributed by atoms with E-state index >= 15 is 0 Å². The van der Waals surface area contributed by atoms with E-state index in [0.29, 0.717) is 26.2 Å². The summed E-state index contributed by atoms with van der Waals surface area (Å²) in [6.45, 7) is 2.96. The van der Waals surface area contributed by atoms with Gasteiger partial charge in [-0.1, -0.05) is 19.3 Å². The first-order valence-electron chi connectivity index (χ1n) is 8.97. The summed E-state index contributed by atoms with van der Waals surface area (Å²) in [5, 5.41) is 13.8. The van der Waals surface area contributed by atoms with Crippen LogP contribution in [0.1, 0.15) is 32.1 Å². The Hall–Kier alpha value is -1.98. The first-order chi connectivity index (χ1) is 12.1. The Kier molecular flexibility index (Phi) is 5.66. The molecule has 1 saturated carbocycles. The normalized spacial score (nSPS) is 23.8. The fourth-order valence-corrected chi connectivity index (χ4v) is 3.77. The van der Waals surface area contributed by atoms with Gasteiger partial charge in [0, 0.05) is 20.1 Å². The Bertz CT molecular complexity index is 605. The number of aromatic nitrogens is 3. The zero-order chi connectivity index (χ0) is 17.7. The number of amides is 1. The van der Waals surface area contributed by atoms with E-state index in [0.717, 1.165) is 38.6 Å². The van der Waals surface area contributed by atoms with Crippen LogP contribution in [0.5, 0.6) is 0 Å². The summed E-state index contributed by atoms with van der Waals surface area (Å²) < 4.78 is 7.52. The summed E-state index contributed by atoms with van der Waals surface area (Å²) in [5.41, 5.74) is -0.623. The van der Waals surface area contributed by atoms with E-state index < -0.39 is 5.54 Å². The van der Waals surface area contributed by atoms with Gasteiger partial charge < -0.3 is 9.64 Å². The molecule has 25 heavy (non-hydrogen) atoms. The number of hydrogen-bond acceptors (Lipinski definition) is 6. The zero-order valence-electron chi connectivity index (χ0n) is 14.8. The van der Waals surface area contributed by atoms with Crippen molar-refractivity contribution < 1.29 is 9.53 Å². The SMILES string of the molecule is CN(C(=O)CN1CCOC(Cn2cncn2)C1)C1(C#N)CCCCC1. The van der Waals surface area contributed by atoms with E-state index in [1.807, 2.05) is 0 Å². The lowest BCUT2D eigenvalue weighted by molar-refractivity contribution is -0.138. The Morgan fingerprint density at radius 3 is 2.92 bits per heavy atom. The third-order valence-corrected chi connectivity index (χ3v) is 5.34. The Labute approximate surface area is 148 Å². The first kappa shape index (κ1) is 17.8. The number of carbonyl (C=O) groups excluding carboxylic acids is 1. The van der Waals surface area contributed by atoms with Crippen LogP contribution in [0.15, 0.2) is 12.7 Å². The van der Waals surface area contributed by atoms with Gasteiger partial charge in [-0.3, -0.25) is 14.4 Å². The van der Waals surface area contributed by atoms with Crippen LogP contribution in [-0.2, 0) is 16.1 Å². The molecule has 1 atom stereocenters. The number of carbonyl (C=O) groups is 1. The van der Waals surface area contributed by atoms with Gasteiger partial charge in [-0.15, -0.1) is 0 Å². The predicted octanol–water partition coefficient (Wildman–Crippen LogP) is 0.664. The highest BCUT2D eigenvalue weighted by Gasteiger charge is 2.39. The number of nitriles is 1. The van der Waals surface area contributed by atoms with Gasteiger partial charge in [0.05, 0.1) is 31.9 Å². The van der Waals surface area contributed by atoms with E-state index in [1.165, 1.54) is 6.33 Å². The van der Waals surface area contributed by atoms with Crippen LogP contribution in [0.3, 0.4) is 0 Å². The van der Waals surface area contributed by atoms with E-state index in [4.69, 9.17) is 4.74 Å². The third kappa shape index (κ3) is 4.17. The average molecular weight is 346 g/mol. The van der Waals surface area contributed by atoms with Crippen molar-refractivity contribution in [1.29, 1.82) is 5.26 Å². The molecule has 3 rings (SSSR count). The third-order valence-electron chi connectivity index (χ3n) is 5.34. The number of rotatable bonds is 5. The molecule has 2 aliphatic rings. The second-order valence-electron chi connectivity index (χ2n) is 7.00. The summed E-state index contributed by atoms with van der Waals surface area (Å²) in [6, 6.07) is 2.42. The van der Waals surface area contributed by atoms with E-state index in [2.05, 4.69) is 21.1 Å². The molecule has 1 amide bonds. The molecule has 136 valence electrons. The summed E-state index contributed by atoms with van der Waals surface area (Å²) in [4.78, 5) is 20.5. The molecule has 0 bridgehead atoms. The van der Waals surface area contributed by atoms with Gasteiger partial charge in [-0.25, -0.2) is 4.98 Å². The number of nitrogens with zero attached hydrogens (tertiary/aromatic N) is 6. The molecule has 0 N–H and O–H groups in total. The molecule has 0 spiro atoms. The minimum atomic E-state index is -0.623. The maximum absolute atomic E-state index is 12.8. The van der Waals surface area contributed by atoms with Crippen LogP contribution in [0.4, 0.5) is 0 Å². The lowest BCUT2D eigenvalue weighted by Gasteiger charge is -2.40. The maximum Gasteiger partial charge on any atom is 0.237 e. The van der Waals surface area contributed by atoms with Crippen molar-refractivity contribution in [1.82, 2.24) is 24.6 Å². The second kappa shape index (κ2) is 7.93. The molecule has 1 unspecified atom stereocenters. The molecule has 1 aromatic heterocycles. The highest BCUT2D eigenvalue weighted by atomic mass is 16.5. The molecule has 1 aliphatic heterocycles. The molecule has 1 aromatic rings. The van der Waals surface area contributed by atoms with Crippen LogP contribution < -0.4 is 0 Å². The van der Waals surface area contributed by atoms with Gasteiger partial charge in [-0.2, -0.15) is 10.4 Å². The highest BCUT2D eigenvalue weighted by Crippen LogP contribution is 2.32. The maximum atomic E-state index is 12.8. The van der Waals surface area contributed by atoms with Crippen LogP contribution in [0.2, 0.25) is 0 Å². The molecule has 0 radical (unpaired) electrons. The quantitative estimate of drug-likeness (QED) is 0.778. The fraction of sp³-hybridized carbons (Fsp3) is 0.765. The largest absolute Gasteiger partial charge is 0.374 e. The molecule has 2 fully saturated rings. The highest BCUT2D eigenvalue weighted by molar-refractivity contribution is 5.79. The molecular formula is C17H26N6O2. The Morgan fingerprint density at radius 2 is 2.24 bits per heavy atom. The van der Waals surface area contributed by atoms with Crippen molar-refractivity contribution in [2.45, 2.75) is 50.3 Å². The van der Waals surface area contributed by atoms with Gasteiger partial charge in [0.2, 0.25) is 5.91 Å². The molecular weight excluding hydrogens is 320 g/mol. The van der Waals surface area contributed by atoms with Crippen molar-refractivity contribution in [2.75, 3.05) is 33.3 Å². The molecule has 8 heteroatoms. The summed E-state index contributed by atoms with van der Waals surface area (Å²) in [7, 11) is 1.78. The number of likely N-dealkylation sites (N-methyl/N-ethyl adjacent to an activating group) is 1. The van der Waals surface area contributed by atoms with E-state index in [9.17, 15) is 10.1 Å². The standard InChI is InChI=1S/C17H26N6O2/c1-21(17(12-18)5-3-2-4-6-17)16(24)11-22-7-8-25-15(9-22)10-23-14-19-13-20-23/h13-15H,2-11H2,1H3. The number of ether oxygens (including phenoxy) is 1. The minimum absolute atomic E-state index is 0.00633. The van der Waals surface area contributed by atoms with Crippen molar-refractivity contribution >= 4 is 5.91 Å². The summed E-state index contributed by atoms with van der Waals surface area (Å²) in [6.07, 6.45) is 7.91. The monoisotopic (exact) mass is 346 g/mol. The molecule has 8 nitrogen and oxygen atoms in total.